The third-order valence-electron chi connectivity index (χ3n) is 4.35. The van der Waals surface area contributed by atoms with E-state index in [9.17, 15) is 14.4 Å². The van der Waals surface area contributed by atoms with Crippen LogP contribution >= 0.6 is 23.2 Å². The number of carbonyl (C=O) groups is 1. The molecular formula is C24H17Cl2FN2O3. The van der Waals surface area contributed by atoms with Gasteiger partial charge >= 0.3 is 0 Å². The Bertz CT molecular complexity index is 1200. The summed E-state index contributed by atoms with van der Waals surface area (Å²) in [5, 5.41) is 12.6. The topological polar surface area (TPSA) is 71.3 Å². The van der Waals surface area contributed by atoms with Crippen LogP contribution in [-0.2, 0) is 11.4 Å². The predicted molar refractivity (Wildman–Crippen MR) is 122 cm³/mol. The summed E-state index contributed by atoms with van der Waals surface area (Å²) in [6.07, 6.45) is 1.33. The molecule has 1 amide bonds. The Balaban J connectivity index is 1.82. The molecule has 0 bridgehead atoms. The first kappa shape index (κ1) is 23.1. The highest BCUT2D eigenvalue weighted by Gasteiger charge is 2.15. The zero-order valence-corrected chi connectivity index (χ0v) is 18.4. The number of nitrogens with zero attached hydrogens (tertiary/aromatic N) is 1. The second-order valence-corrected chi connectivity index (χ2v) is 7.40. The summed E-state index contributed by atoms with van der Waals surface area (Å²) in [5.74, 6) is -0.721. The minimum Gasteiger partial charge on any atom is -0.493 e. The summed E-state index contributed by atoms with van der Waals surface area (Å²) in [6.45, 7) is 0.233. The molecule has 0 aromatic heterocycles. The summed E-state index contributed by atoms with van der Waals surface area (Å²) in [6, 6.07) is 17.8. The van der Waals surface area contributed by atoms with Gasteiger partial charge in [-0.2, -0.15) is 5.26 Å². The lowest BCUT2D eigenvalue weighted by Gasteiger charge is -2.14. The fourth-order valence-corrected chi connectivity index (χ4v) is 3.17. The van der Waals surface area contributed by atoms with Crippen molar-refractivity contribution in [2.45, 2.75) is 6.61 Å². The molecule has 0 aliphatic carbocycles. The molecule has 3 rings (SSSR count). The third-order valence-corrected chi connectivity index (χ3v) is 4.88. The monoisotopic (exact) mass is 470 g/mol. The molecule has 0 aliphatic heterocycles. The number of methoxy groups -OCH3 is 1. The number of hydrogen-bond acceptors (Lipinski definition) is 4. The molecule has 1 N–H and O–H groups in total. The fraction of sp³-hybridized carbons (Fsp3) is 0.0833. The Morgan fingerprint density at radius 3 is 2.53 bits per heavy atom. The first-order valence-electron chi connectivity index (χ1n) is 9.33. The molecule has 5 nitrogen and oxygen atoms in total. The van der Waals surface area contributed by atoms with Gasteiger partial charge in [0.2, 0.25) is 0 Å². The number of amides is 1. The maximum Gasteiger partial charge on any atom is 0.266 e. The van der Waals surface area contributed by atoms with Gasteiger partial charge in [0.25, 0.3) is 5.91 Å². The van der Waals surface area contributed by atoms with Gasteiger partial charge in [0, 0.05) is 5.02 Å². The molecule has 0 saturated heterocycles. The van der Waals surface area contributed by atoms with E-state index in [2.05, 4.69) is 5.32 Å². The Morgan fingerprint density at radius 1 is 1.16 bits per heavy atom. The van der Waals surface area contributed by atoms with E-state index in [4.69, 9.17) is 32.7 Å². The van der Waals surface area contributed by atoms with Gasteiger partial charge in [-0.15, -0.1) is 0 Å². The molecular weight excluding hydrogens is 454 g/mol. The molecule has 0 radical (unpaired) electrons. The van der Waals surface area contributed by atoms with Crippen LogP contribution in [0.25, 0.3) is 6.08 Å². The lowest BCUT2D eigenvalue weighted by atomic mass is 10.1. The van der Waals surface area contributed by atoms with E-state index in [0.717, 1.165) is 5.56 Å². The number of halogens is 3. The van der Waals surface area contributed by atoms with E-state index in [-0.39, 0.29) is 22.9 Å². The van der Waals surface area contributed by atoms with Crippen molar-refractivity contribution >= 4 is 40.9 Å². The molecule has 0 saturated carbocycles. The lowest BCUT2D eigenvalue weighted by Crippen LogP contribution is -2.14. The minimum absolute atomic E-state index is 0.0276. The first-order chi connectivity index (χ1) is 15.4. The maximum absolute atomic E-state index is 13.8. The van der Waals surface area contributed by atoms with E-state index in [1.54, 1.807) is 24.3 Å². The molecule has 3 aromatic carbocycles. The van der Waals surface area contributed by atoms with E-state index in [1.165, 1.54) is 37.5 Å². The van der Waals surface area contributed by atoms with Gasteiger partial charge < -0.3 is 14.8 Å². The molecule has 0 spiro atoms. The predicted octanol–water partition coefficient (Wildman–Crippen LogP) is 6.27. The van der Waals surface area contributed by atoms with Crippen molar-refractivity contribution in [3.8, 4) is 17.6 Å². The number of nitriles is 1. The van der Waals surface area contributed by atoms with E-state index in [0.29, 0.717) is 22.1 Å². The average molecular weight is 471 g/mol. The third kappa shape index (κ3) is 5.79. The van der Waals surface area contributed by atoms with Crippen LogP contribution in [0, 0.1) is 17.1 Å². The van der Waals surface area contributed by atoms with Gasteiger partial charge in [0.15, 0.2) is 11.5 Å². The summed E-state index contributed by atoms with van der Waals surface area (Å²) in [7, 11) is 1.45. The average Bonchev–Trinajstić information content (AvgIpc) is 2.79. The van der Waals surface area contributed by atoms with Crippen LogP contribution in [0.2, 0.25) is 10.0 Å². The number of nitrogens with one attached hydrogen (secondary N) is 1. The SMILES string of the molecule is COc1cc(/C=C(\C#N)C(=O)Nc2ccccc2F)cc(Cl)c1OCc1ccc(Cl)cc1. The molecule has 162 valence electrons. The Morgan fingerprint density at radius 2 is 1.88 bits per heavy atom. The highest BCUT2D eigenvalue weighted by Crippen LogP contribution is 2.37. The van der Waals surface area contributed by atoms with Crippen molar-refractivity contribution in [1.29, 1.82) is 5.26 Å². The molecule has 32 heavy (non-hydrogen) atoms. The highest BCUT2D eigenvalue weighted by molar-refractivity contribution is 6.32. The van der Waals surface area contributed by atoms with Crippen molar-refractivity contribution in [2.24, 2.45) is 0 Å². The minimum atomic E-state index is -0.754. The van der Waals surface area contributed by atoms with Gasteiger partial charge in [-0.1, -0.05) is 47.5 Å². The van der Waals surface area contributed by atoms with Crippen LogP contribution in [0.5, 0.6) is 11.5 Å². The standard InChI is InChI=1S/C24H17Cl2FN2O3/c1-31-22-12-16(10-17(13-28)24(30)29-21-5-3-2-4-20(21)27)11-19(26)23(22)32-14-15-6-8-18(25)9-7-15/h2-12H,14H2,1H3,(H,29,30)/b17-10+. The van der Waals surface area contributed by atoms with Crippen molar-refractivity contribution in [1.82, 2.24) is 0 Å². The van der Waals surface area contributed by atoms with Crippen molar-refractivity contribution < 1.29 is 18.7 Å². The van der Waals surface area contributed by atoms with Crippen LogP contribution < -0.4 is 14.8 Å². The molecule has 0 fully saturated rings. The number of para-hydroxylation sites is 1. The van der Waals surface area contributed by atoms with Gasteiger partial charge in [0.1, 0.15) is 24.1 Å². The molecule has 0 unspecified atom stereocenters. The number of ether oxygens (including phenoxy) is 2. The summed E-state index contributed by atoms with van der Waals surface area (Å²) < 4.78 is 25.0. The normalized spacial score (nSPS) is 10.9. The van der Waals surface area contributed by atoms with Crippen LogP contribution in [-0.4, -0.2) is 13.0 Å². The Labute approximate surface area is 194 Å². The number of carbonyl (C=O) groups excluding carboxylic acids is 1. The first-order valence-corrected chi connectivity index (χ1v) is 10.1. The van der Waals surface area contributed by atoms with Crippen molar-refractivity contribution in [2.75, 3.05) is 12.4 Å². The van der Waals surface area contributed by atoms with E-state index < -0.39 is 11.7 Å². The summed E-state index contributed by atoms with van der Waals surface area (Å²) >= 11 is 12.3. The second kappa shape index (κ2) is 10.7. The van der Waals surface area contributed by atoms with Gasteiger partial charge in [0.05, 0.1) is 17.8 Å². The number of benzene rings is 3. The molecule has 0 heterocycles. The van der Waals surface area contributed by atoms with Crippen LogP contribution in [0.1, 0.15) is 11.1 Å². The van der Waals surface area contributed by atoms with Crippen LogP contribution in [0.15, 0.2) is 66.2 Å². The smallest absolute Gasteiger partial charge is 0.266 e. The van der Waals surface area contributed by atoms with Gasteiger partial charge in [-0.25, -0.2) is 4.39 Å². The van der Waals surface area contributed by atoms with Crippen LogP contribution in [0.4, 0.5) is 10.1 Å². The van der Waals surface area contributed by atoms with Gasteiger partial charge in [-0.05, 0) is 53.6 Å². The highest BCUT2D eigenvalue weighted by atomic mass is 35.5. The Kier molecular flexibility index (Phi) is 7.72. The second-order valence-electron chi connectivity index (χ2n) is 6.55. The van der Waals surface area contributed by atoms with Crippen LogP contribution in [0.3, 0.4) is 0 Å². The van der Waals surface area contributed by atoms with E-state index >= 15 is 0 Å². The lowest BCUT2D eigenvalue weighted by molar-refractivity contribution is -0.112. The molecule has 0 atom stereocenters. The number of hydrogen-bond donors (Lipinski definition) is 1. The molecule has 8 heteroatoms. The quantitative estimate of drug-likeness (QED) is 0.326. The Hall–Kier alpha value is -3.53. The number of anilines is 1. The molecule has 3 aromatic rings. The summed E-state index contributed by atoms with van der Waals surface area (Å²) in [5.41, 5.74) is 1.06. The van der Waals surface area contributed by atoms with Crippen molar-refractivity contribution in [3.05, 3.63) is 93.2 Å². The van der Waals surface area contributed by atoms with E-state index in [1.807, 2.05) is 18.2 Å². The maximum atomic E-state index is 13.8. The zero-order valence-electron chi connectivity index (χ0n) is 16.9. The summed E-state index contributed by atoms with van der Waals surface area (Å²) in [4.78, 5) is 12.4. The fourth-order valence-electron chi connectivity index (χ4n) is 2.77. The zero-order chi connectivity index (χ0) is 23.1. The number of rotatable bonds is 7. The van der Waals surface area contributed by atoms with Gasteiger partial charge in [-0.3, -0.25) is 4.79 Å². The molecule has 0 aliphatic rings. The van der Waals surface area contributed by atoms with Crippen molar-refractivity contribution in [3.63, 3.8) is 0 Å². The largest absolute Gasteiger partial charge is 0.493 e.